The quantitative estimate of drug-likeness (QED) is 0.417. The molecule has 0 aliphatic heterocycles. The number of amides is 1. The lowest BCUT2D eigenvalue weighted by molar-refractivity contribution is -0.118. The predicted octanol–water partition coefficient (Wildman–Crippen LogP) is -0.800. The van der Waals surface area contributed by atoms with E-state index in [4.69, 9.17) is 4.43 Å². The van der Waals surface area contributed by atoms with Crippen molar-refractivity contribution in [3.63, 3.8) is 0 Å². The molecule has 0 aromatic heterocycles. The van der Waals surface area contributed by atoms with Gasteiger partial charge in [0.2, 0.25) is 5.91 Å². The van der Waals surface area contributed by atoms with E-state index >= 15 is 0 Å². The Morgan fingerprint density at radius 2 is 2.44 bits per heavy atom. The molecule has 0 saturated heterocycles. The van der Waals surface area contributed by atoms with Gasteiger partial charge in [-0.05, 0) is 6.92 Å². The molecule has 54 valence electrons. The van der Waals surface area contributed by atoms with Gasteiger partial charge in [-0.1, -0.05) is 0 Å². The van der Waals surface area contributed by atoms with Crippen LogP contribution in [-0.4, -0.2) is 28.4 Å². The van der Waals surface area contributed by atoms with E-state index in [1.807, 2.05) is 6.92 Å². The molecule has 0 bridgehead atoms. The van der Waals surface area contributed by atoms with E-state index in [2.05, 4.69) is 5.32 Å². The van der Waals surface area contributed by atoms with Gasteiger partial charge in [0.1, 0.15) is 0 Å². The van der Waals surface area contributed by atoms with Crippen molar-refractivity contribution >= 4 is 15.7 Å². The molecule has 0 radical (unpaired) electrons. The van der Waals surface area contributed by atoms with Gasteiger partial charge in [-0.15, -0.1) is 0 Å². The fourth-order valence-corrected chi connectivity index (χ4v) is 1.33. The van der Waals surface area contributed by atoms with E-state index < -0.39 is 9.76 Å². The highest BCUT2D eigenvalue weighted by molar-refractivity contribution is 6.27. The van der Waals surface area contributed by atoms with Crippen LogP contribution < -0.4 is 5.32 Å². The summed E-state index contributed by atoms with van der Waals surface area (Å²) in [6, 6.07) is 0. The highest BCUT2D eigenvalue weighted by Crippen LogP contribution is 1.66. The first-order valence-electron chi connectivity index (χ1n) is 3.09. The first kappa shape index (κ1) is 8.65. The summed E-state index contributed by atoms with van der Waals surface area (Å²) in [6.45, 7) is 4.24. The molecule has 4 heteroatoms. The summed E-state index contributed by atoms with van der Waals surface area (Å²) in [7, 11) is -0.463. The third-order valence-electron chi connectivity index (χ3n) is 0.824. The van der Waals surface area contributed by atoms with Crippen molar-refractivity contribution in [3.8, 4) is 0 Å². The summed E-state index contributed by atoms with van der Waals surface area (Å²) in [4.78, 5) is 10.3. The molecule has 0 saturated carbocycles. The van der Waals surface area contributed by atoms with Crippen LogP contribution in [0.15, 0.2) is 0 Å². The molecule has 1 N–H and O–H groups in total. The molecule has 0 aliphatic carbocycles. The van der Waals surface area contributed by atoms with Crippen LogP contribution in [0, 0.1) is 0 Å². The van der Waals surface area contributed by atoms with Crippen LogP contribution in [0.5, 0.6) is 0 Å². The first-order valence-corrected chi connectivity index (χ1v) is 4.67. The van der Waals surface area contributed by atoms with Crippen LogP contribution in [0.4, 0.5) is 0 Å². The van der Waals surface area contributed by atoms with Crippen LogP contribution in [0.25, 0.3) is 0 Å². The first-order chi connectivity index (χ1) is 4.27. The summed E-state index contributed by atoms with van der Waals surface area (Å²) in [6.07, 6.45) is 0.753. The molecule has 0 unspecified atom stereocenters. The number of carbonyl (C=O) groups is 1. The topological polar surface area (TPSA) is 38.3 Å². The molecule has 0 atom stereocenters. The van der Waals surface area contributed by atoms with E-state index in [-0.39, 0.29) is 5.91 Å². The van der Waals surface area contributed by atoms with Crippen LogP contribution in [0.3, 0.4) is 0 Å². The van der Waals surface area contributed by atoms with Crippen molar-refractivity contribution in [2.24, 2.45) is 0 Å². The zero-order chi connectivity index (χ0) is 7.11. The van der Waals surface area contributed by atoms with E-state index in [0.717, 1.165) is 12.8 Å². The van der Waals surface area contributed by atoms with Crippen molar-refractivity contribution in [1.82, 2.24) is 5.32 Å². The molecule has 9 heavy (non-hydrogen) atoms. The Bertz CT molecular complexity index is 87.0. The van der Waals surface area contributed by atoms with Gasteiger partial charge in [-0.25, -0.2) is 0 Å². The molecule has 0 heterocycles. The lowest BCUT2D eigenvalue weighted by atomic mass is 10.7. The molecule has 0 spiro atoms. The minimum absolute atomic E-state index is 0.0298. The maximum absolute atomic E-state index is 10.3. The fourth-order valence-electron chi connectivity index (χ4n) is 0.444. The van der Waals surface area contributed by atoms with Crippen molar-refractivity contribution in [1.29, 1.82) is 0 Å². The van der Waals surface area contributed by atoms with Crippen LogP contribution >= 0.6 is 0 Å². The van der Waals surface area contributed by atoms with Crippen molar-refractivity contribution in [2.75, 3.05) is 12.8 Å². The highest BCUT2D eigenvalue weighted by atomic mass is 28.2. The average Bonchev–Trinajstić information content (AvgIpc) is 1.80. The number of nitrogens with one attached hydrogen (secondary N) is 1. The monoisotopic (exact) mass is 147 g/mol. The molecule has 0 aromatic rings. The van der Waals surface area contributed by atoms with Crippen molar-refractivity contribution < 1.29 is 9.22 Å². The fraction of sp³-hybridized carbons (Fsp3) is 0.800. The second-order valence-corrected chi connectivity index (χ2v) is 3.00. The normalized spacial score (nSPS) is 10.4. The van der Waals surface area contributed by atoms with Crippen LogP contribution in [-0.2, 0) is 9.22 Å². The Hall–Kier alpha value is -0.353. The molecule has 1 amide bonds. The molecule has 0 rings (SSSR count). The molecule has 3 nitrogen and oxygen atoms in total. The van der Waals surface area contributed by atoms with Gasteiger partial charge in [0.15, 0.2) is 9.76 Å². The highest BCUT2D eigenvalue weighted by Gasteiger charge is 1.88. The van der Waals surface area contributed by atoms with Crippen molar-refractivity contribution in [2.45, 2.75) is 13.8 Å². The van der Waals surface area contributed by atoms with Gasteiger partial charge in [0.05, 0.1) is 0 Å². The Morgan fingerprint density at radius 3 is 2.89 bits per heavy atom. The summed E-state index contributed by atoms with van der Waals surface area (Å²) >= 11 is 0. The number of hydrogen-bond donors (Lipinski definition) is 1. The van der Waals surface area contributed by atoms with E-state index in [0.29, 0.717) is 0 Å². The van der Waals surface area contributed by atoms with E-state index in [9.17, 15) is 4.79 Å². The van der Waals surface area contributed by atoms with Crippen molar-refractivity contribution in [3.05, 3.63) is 0 Å². The van der Waals surface area contributed by atoms with E-state index in [1.54, 1.807) is 0 Å². The third-order valence-corrected chi connectivity index (χ3v) is 1.98. The minimum atomic E-state index is -0.463. The zero-order valence-corrected chi connectivity index (χ0v) is 7.35. The van der Waals surface area contributed by atoms with Gasteiger partial charge >= 0.3 is 0 Å². The summed E-state index contributed by atoms with van der Waals surface area (Å²) in [5.41, 5.74) is 0. The second-order valence-electron chi connectivity index (χ2n) is 1.68. The van der Waals surface area contributed by atoms with Crippen LogP contribution in [0.1, 0.15) is 13.8 Å². The molecule has 0 aliphatic rings. The second kappa shape index (κ2) is 5.78. The largest absolute Gasteiger partial charge is 0.423 e. The van der Waals surface area contributed by atoms with Gasteiger partial charge in [-0.2, -0.15) is 0 Å². The maximum Gasteiger partial charge on any atom is 0.216 e. The molecular formula is C5H13NO2Si. The average molecular weight is 147 g/mol. The number of rotatable bonds is 4. The summed E-state index contributed by atoms with van der Waals surface area (Å²) in [5.74, 6) is 0.0298. The van der Waals surface area contributed by atoms with Gasteiger partial charge < -0.3 is 9.74 Å². The summed E-state index contributed by atoms with van der Waals surface area (Å²) in [5, 5.41) is 2.68. The van der Waals surface area contributed by atoms with E-state index in [1.165, 1.54) is 6.92 Å². The number of hydrogen-bond acceptors (Lipinski definition) is 2. The zero-order valence-electron chi connectivity index (χ0n) is 5.94. The van der Waals surface area contributed by atoms with Crippen LogP contribution in [0.2, 0.25) is 0 Å². The third kappa shape index (κ3) is 7.65. The van der Waals surface area contributed by atoms with Gasteiger partial charge in [-0.3, -0.25) is 4.79 Å². The predicted molar refractivity (Wildman–Crippen MR) is 38.9 cm³/mol. The lowest BCUT2D eigenvalue weighted by Gasteiger charge is -1.99. The van der Waals surface area contributed by atoms with Gasteiger partial charge in [0, 0.05) is 19.7 Å². The molecule has 0 fully saturated rings. The minimum Gasteiger partial charge on any atom is -0.423 e. The Labute approximate surface area is 57.7 Å². The Kier molecular flexibility index (Phi) is 5.55. The molecular weight excluding hydrogens is 134 g/mol. The van der Waals surface area contributed by atoms with Gasteiger partial charge in [0.25, 0.3) is 0 Å². The standard InChI is InChI=1S/C5H13NO2Si/c1-3-8-9-4-6-5(2)7/h3-4,9H2,1-2H3,(H,6,7). The SMILES string of the molecule is CCO[SiH2]CNC(C)=O. The molecule has 0 aromatic carbocycles. The lowest BCUT2D eigenvalue weighted by Crippen LogP contribution is -2.26. The summed E-state index contributed by atoms with van der Waals surface area (Å²) < 4.78 is 5.11. The maximum atomic E-state index is 10.3. The Balaban J connectivity index is 2.83. The Morgan fingerprint density at radius 1 is 1.78 bits per heavy atom. The smallest absolute Gasteiger partial charge is 0.216 e. The number of carbonyl (C=O) groups excluding carboxylic acids is 1.